The van der Waals surface area contributed by atoms with Crippen LogP contribution in [0.1, 0.15) is 52.2 Å². The summed E-state index contributed by atoms with van der Waals surface area (Å²) >= 11 is 0. The molecule has 0 saturated carbocycles. The summed E-state index contributed by atoms with van der Waals surface area (Å²) in [5, 5.41) is 0. The highest BCUT2D eigenvalue weighted by atomic mass is 16.5. The fourth-order valence-electron chi connectivity index (χ4n) is 5.77. The molecule has 0 aromatic heterocycles. The Morgan fingerprint density at radius 3 is 2.34 bits per heavy atom. The summed E-state index contributed by atoms with van der Waals surface area (Å²) in [5.41, 5.74) is 7.75. The first-order chi connectivity index (χ1) is 16.8. The van der Waals surface area contributed by atoms with Crippen molar-refractivity contribution in [1.82, 2.24) is 0 Å². The lowest BCUT2D eigenvalue weighted by molar-refractivity contribution is 0.210. The van der Waals surface area contributed by atoms with Gasteiger partial charge in [-0.1, -0.05) is 87.5 Å². The van der Waals surface area contributed by atoms with Crippen molar-refractivity contribution in [3.63, 3.8) is 0 Å². The zero-order chi connectivity index (χ0) is 24.6. The average molecular weight is 464 g/mol. The van der Waals surface area contributed by atoms with E-state index in [1.807, 2.05) is 0 Å². The highest BCUT2D eigenvalue weighted by Crippen LogP contribution is 2.55. The molecule has 5 rings (SSSR count). The molecule has 0 fully saturated rings. The molecule has 35 heavy (non-hydrogen) atoms. The third-order valence-electron chi connectivity index (χ3n) is 8.02. The number of nitrogens with zero attached hydrogens (tertiary/aromatic N) is 1. The van der Waals surface area contributed by atoms with Crippen LogP contribution in [0.2, 0.25) is 0 Å². The van der Waals surface area contributed by atoms with E-state index in [0.717, 1.165) is 25.1 Å². The van der Waals surface area contributed by atoms with Gasteiger partial charge < -0.3 is 9.64 Å². The monoisotopic (exact) mass is 463 g/mol. The van der Waals surface area contributed by atoms with E-state index in [2.05, 4.69) is 131 Å². The molecule has 0 bridgehead atoms. The van der Waals surface area contributed by atoms with Crippen LogP contribution in [-0.2, 0) is 11.8 Å². The third-order valence-corrected chi connectivity index (χ3v) is 8.02. The van der Waals surface area contributed by atoms with Gasteiger partial charge in [0.1, 0.15) is 5.75 Å². The Morgan fingerprint density at radius 1 is 0.914 bits per heavy atom. The van der Waals surface area contributed by atoms with E-state index >= 15 is 0 Å². The van der Waals surface area contributed by atoms with Gasteiger partial charge in [-0.3, -0.25) is 0 Å². The Labute approximate surface area is 211 Å². The molecule has 1 spiro atoms. The molecule has 2 heteroatoms. The fourth-order valence-corrected chi connectivity index (χ4v) is 5.77. The normalized spacial score (nSPS) is 20.3. The highest BCUT2D eigenvalue weighted by Gasteiger charge is 2.49. The molecule has 0 N–H and O–H groups in total. The molecule has 3 aromatic carbocycles. The van der Waals surface area contributed by atoms with Crippen molar-refractivity contribution in [2.45, 2.75) is 59.0 Å². The maximum Gasteiger partial charge on any atom is 0.123 e. The minimum Gasteiger partial charge on any atom is -0.491 e. The molecule has 0 saturated heterocycles. The van der Waals surface area contributed by atoms with Crippen molar-refractivity contribution in [3.05, 3.63) is 102 Å². The summed E-state index contributed by atoms with van der Waals surface area (Å²) in [6.07, 6.45) is 11.4. The van der Waals surface area contributed by atoms with Gasteiger partial charge in [-0.25, -0.2) is 0 Å². The van der Waals surface area contributed by atoms with Crippen LogP contribution in [0, 0.1) is 5.41 Å². The quantitative estimate of drug-likeness (QED) is 0.375. The Hall–Kier alpha value is -3.26. The van der Waals surface area contributed by atoms with E-state index in [-0.39, 0.29) is 16.9 Å². The molecule has 1 unspecified atom stereocenters. The van der Waals surface area contributed by atoms with Gasteiger partial charge in [-0.2, -0.15) is 0 Å². The zero-order valence-corrected chi connectivity index (χ0v) is 21.7. The number of fused-ring (bicyclic) bond motifs is 1. The molecule has 1 atom stereocenters. The highest BCUT2D eigenvalue weighted by molar-refractivity contribution is 5.74. The molecule has 1 aliphatic heterocycles. The van der Waals surface area contributed by atoms with E-state index in [1.165, 1.54) is 33.6 Å². The number of aryl methyl sites for hydroxylation is 1. The number of rotatable bonds is 5. The molecular weight excluding hydrogens is 426 g/mol. The Kier molecular flexibility index (Phi) is 6.09. The Bertz CT molecular complexity index is 1260. The van der Waals surface area contributed by atoms with E-state index in [4.69, 9.17) is 4.74 Å². The van der Waals surface area contributed by atoms with E-state index in [1.54, 1.807) is 0 Å². The number of benzene rings is 3. The molecule has 2 aliphatic rings. The van der Waals surface area contributed by atoms with Crippen LogP contribution in [0.4, 0.5) is 11.4 Å². The van der Waals surface area contributed by atoms with Crippen LogP contribution in [-0.4, -0.2) is 12.6 Å². The predicted molar refractivity (Wildman–Crippen MR) is 149 cm³/mol. The lowest BCUT2D eigenvalue weighted by Crippen LogP contribution is -2.52. The largest absolute Gasteiger partial charge is 0.491 e. The van der Waals surface area contributed by atoms with Crippen LogP contribution in [0.15, 0.2) is 91.0 Å². The topological polar surface area (TPSA) is 12.5 Å². The van der Waals surface area contributed by atoms with Gasteiger partial charge in [0.15, 0.2) is 0 Å². The molecule has 180 valence electrons. The van der Waals surface area contributed by atoms with Crippen molar-refractivity contribution in [2.75, 3.05) is 11.4 Å². The minimum absolute atomic E-state index is 0.0507. The molecule has 0 radical (unpaired) electrons. The van der Waals surface area contributed by atoms with Crippen LogP contribution in [0.3, 0.4) is 0 Å². The van der Waals surface area contributed by atoms with Gasteiger partial charge in [0.05, 0.1) is 6.10 Å². The summed E-state index contributed by atoms with van der Waals surface area (Å²) in [7, 11) is 0. The second-order valence-electron chi connectivity index (χ2n) is 10.8. The van der Waals surface area contributed by atoms with Gasteiger partial charge in [-0.05, 0) is 73.2 Å². The Morgan fingerprint density at radius 2 is 1.66 bits per heavy atom. The molecule has 0 amide bonds. The second-order valence-corrected chi connectivity index (χ2v) is 10.8. The van der Waals surface area contributed by atoms with E-state index in [0.29, 0.717) is 0 Å². The summed E-state index contributed by atoms with van der Waals surface area (Å²) < 4.78 is 6.12. The van der Waals surface area contributed by atoms with E-state index < -0.39 is 0 Å². The van der Waals surface area contributed by atoms with Crippen molar-refractivity contribution in [1.29, 1.82) is 0 Å². The first-order valence-corrected chi connectivity index (χ1v) is 13.0. The minimum atomic E-state index is 0.0507. The third kappa shape index (κ3) is 4.10. The summed E-state index contributed by atoms with van der Waals surface area (Å²) in [6, 6.07) is 24.6. The summed E-state index contributed by atoms with van der Waals surface area (Å²) in [6.45, 7) is 12.1. The number of para-hydroxylation sites is 1. The van der Waals surface area contributed by atoms with Gasteiger partial charge in [0, 0.05) is 28.7 Å². The number of ether oxygens (including phenoxy) is 1. The van der Waals surface area contributed by atoms with Crippen molar-refractivity contribution >= 4 is 11.4 Å². The molecule has 1 aliphatic carbocycles. The molecule has 3 aromatic rings. The standard InChI is InChI=1S/C33H37NO/c1-6-25-14-15-27(22-31(25)35-24(2)3)26-16-18-28(19-17-26)34-23-33(20-10-7-11-21-33)32(4,5)29-12-8-9-13-30(29)34/h7-20,22,24H,6,21,23H2,1-5H3. The number of hydrogen-bond donors (Lipinski definition) is 0. The summed E-state index contributed by atoms with van der Waals surface area (Å²) in [4.78, 5) is 2.52. The van der Waals surface area contributed by atoms with Crippen LogP contribution in [0.25, 0.3) is 11.1 Å². The van der Waals surface area contributed by atoms with Crippen LogP contribution < -0.4 is 9.64 Å². The number of anilines is 2. The van der Waals surface area contributed by atoms with Gasteiger partial charge in [0.2, 0.25) is 0 Å². The predicted octanol–water partition coefficient (Wildman–Crippen LogP) is 8.64. The lowest BCUT2D eigenvalue weighted by Gasteiger charge is -2.54. The number of allylic oxidation sites excluding steroid dienone is 3. The average Bonchev–Trinajstić information content (AvgIpc) is 2.87. The first kappa shape index (κ1) is 23.5. The lowest BCUT2D eigenvalue weighted by atomic mass is 9.57. The fraction of sp³-hybridized carbons (Fsp3) is 0.333. The van der Waals surface area contributed by atoms with Gasteiger partial charge >= 0.3 is 0 Å². The van der Waals surface area contributed by atoms with Gasteiger partial charge in [0.25, 0.3) is 0 Å². The molecule has 2 nitrogen and oxygen atoms in total. The Balaban J connectivity index is 1.52. The van der Waals surface area contributed by atoms with E-state index in [9.17, 15) is 0 Å². The van der Waals surface area contributed by atoms with Crippen molar-refractivity contribution < 1.29 is 4.74 Å². The molecule has 1 heterocycles. The maximum absolute atomic E-state index is 6.12. The second kappa shape index (κ2) is 9.07. The smallest absolute Gasteiger partial charge is 0.123 e. The zero-order valence-electron chi connectivity index (χ0n) is 21.7. The van der Waals surface area contributed by atoms with Crippen LogP contribution >= 0.6 is 0 Å². The van der Waals surface area contributed by atoms with Crippen molar-refractivity contribution in [3.8, 4) is 16.9 Å². The molecular formula is C33H37NO. The SMILES string of the molecule is CCc1ccc(-c2ccc(N3CC4(C=CC=CC4)C(C)(C)c4ccccc43)cc2)cc1OC(C)C. The maximum atomic E-state index is 6.12. The summed E-state index contributed by atoms with van der Waals surface area (Å²) in [5.74, 6) is 0.996. The van der Waals surface area contributed by atoms with Crippen LogP contribution in [0.5, 0.6) is 5.75 Å². The number of hydrogen-bond acceptors (Lipinski definition) is 2. The van der Waals surface area contributed by atoms with Gasteiger partial charge in [-0.15, -0.1) is 0 Å². The van der Waals surface area contributed by atoms with Crippen molar-refractivity contribution in [2.24, 2.45) is 5.41 Å². The first-order valence-electron chi connectivity index (χ1n) is 13.0.